The molecule has 0 saturated carbocycles. The number of alkyl halides is 1. The molecule has 0 heterocycles. The third kappa shape index (κ3) is 6.37. The quantitative estimate of drug-likeness (QED) is 0.549. The molecule has 10 heavy (non-hydrogen) atoms. The first kappa shape index (κ1) is 10.2. The van der Waals surface area contributed by atoms with Gasteiger partial charge in [-0.15, -0.1) is 11.6 Å². The minimum Gasteiger partial charge on any atom is -0.385 e. The number of rotatable bonds is 6. The maximum absolute atomic E-state index is 5.96. The number of unbranched alkanes of at least 4 members (excludes halogenated alkanes) is 1. The molecule has 0 radical (unpaired) electrons. The summed E-state index contributed by atoms with van der Waals surface area (Å²) in [4.78, 5) is 0. The highest BCUT2D eigenvalue weighted by molar-refractivity contribution is 6.20. The van der Waals surface area contributed by atoms with Crippen molar-refractivity contribution in [3.05, 3.63) is 0 Å². The van der Waals surface area contributed by atoms with Gasteiger partial charge in [0.15, 0.2) is 0 Å². The smallest absolute Gasteiger partial charge is 0.0476 e. The van der Waals surface area contributed by atoms with Gasteiger partial charge >= 0.3 is 0 Å². The van der Waals surface area contributed by atoms with E-state index >= 15 is 0 Å². The molecule has 0 bridgehead atoms. The Labute approximate surface area is 68.7 Å². The highest BCUT2D eigenvalue weighted by Gasteiger charge is 2.01. The van der Waals surface area contributed by atoms with Crippen LogP contribution in [-0.4, -0.2) is 19.1 Å². The molecule has 1 unspecified atom stereocenters. The van der Waals surface area contributed by atoms with E-state index in [1.54, 1.807) is 7.11 Å². The maximum atomic E-state index is 5.96. The van der Waals surface area contributed by atoms with Gasteiger partial charge in [0.25, 0.3) is 0 Å². The Balaban J connectivity index is 3.00. The van der Waals surface area contributed by atoms with Gasteiger partial charge in [-0.3, -0.25) is 0 Å². The summed E-state index contributed by atoms with van der Waals surface area (Å²) in [6.07, 6.45) is 4.58. The van der Waals surface area contributed by atoms with Crippen molar-refractivity contribution in [3.8, 4) is 0 Å². The van der Waals surface area contributed by atoms with Gasteiger partial charge in [0, 0.05) is 19.1 Å². The Morgan fingerprint density at radius 1 is 1.40 bits per heavy atom. The predicted molar refractivity (Wildman–Crippen MR) is 45.7 cm³/mol. The summed E-state index contributed by atoms with van der Waals surface area (Å²) in [5.74, 6) is 0. The van der Waals surface area contributed by atoms with E-state index in [9.17, 15) is 0 Å². The molecular weight excluding hydrogens is 148 g/mol. The van der Waals surface area contributed by atoms with Gasteiger partial charge in [-0.05, 0) is 12.8 Å². The molecule has 0 aromatic rings. The van der Waals surface area contributed by atoms with Gasteiger partial charge in [-0.25, -0.2) is 0 Å². The van der Waals surface area contributed by atoms with Crippen molar-refractivity contribution in [1.29, 1.82) is 0 Å². The van der Waals surface area contributed by atoms with Crippen LogP contribution in [0.4, 0.5) is 0 Å². The van der Waals surface area contributed by atoms with E-state index in [4.69, 9.17) is 16.3 Å². The Morgan fingerprint density at radius 2 is 2.10 bits per heavy atom. The summed E-state index contributed by atoms with van der Waals surface area (Å²) in [5.41, 5.74) is 0. The molecule has 0 aliphatic rings. The van der Waals surface area contributed by atoms with Crippen LogP contribution >= 0.6 is 11.6 Å². The Bertz CT molecular complexity index is 58.3. The van der Waals surface area contributed by atoms with E-state index in [2.05, 4.69) is 6.92 Å². The van der Waals surface area contributed by atoms with Crippen molar-refractivity contribution in [1.82, 2.24) is 0 Å². The lowest BCUT2D eigenvalue weighted by molar-refractivity contribution is 0.193. The number of hydrogen-bond acceptors (Lipinski definition) is 1. The fraction of sp³-hybridized carbons (Fsp3) is 1.00. The van der Waals surface area contributed by atoms with Crippen LogP contribution in [0.15, 0.2) is 0 Å². The average molecular weight is 165 g/mol. The average Bonchev–Trinajstić information content (AvgIpc) is 1.97. The molecule has 1 nitrogen and oxygen atoms in total. The van der Waals surface area contributed by atoms with Crippen molar-refractivity contribution in [2.45, 2.75) is 38.0 Å². The summed E-state index contributed by atoms with van der Waals surface area (Å²) in [5, 5.41) is 0.319. The lowest BCUT2D eigenvalue weighted by Gasteiger charge is -2.06. The molecule has 62 valence electrons. The molecule has 1 atom stereocenters. The van der Waals surface area contributed by atoms with Crippen molar-refractivity contribution in [2.24, 2.45) is 0 Å². The van der Waals surface area contributed by atoms with Crippen LogP contribution in [0.1, 0.15) is 32.6 Å². The summed E-state index contributed by atoms with van der Waals surface area (Å²) in [7, 11) is 1.71. The normalized spacial score (nSPS) is 13.5. The molecule has 0 aliphatic heterocycles. The van der Waals surface area contributed by atoms with Crippen LogP contribution in [-0.2, 0) is 4.74 Å². The first-order chi connectivity index (χ1) is 4.81. The first-order valence-corrected chi connectivity index (χ1v) is 4.38. The van der Waals surface area contributed by atoms with E-state index in [1.807, 2.05) is 0 Å². The Hall–Kier alpha value is 0.250. The summed E-state index contributed by atoms with van der Waals surface area (Å²) < 4.78 is 4.91. The molecule has 0 saturated heterocycles. The van der Waals surface area contributed by atoms with E-state index in [1.165, 1.54) is 12.8 Å². The van der Waals surface area contributed by atoms with Crippen LogP contribution in [0, 0.1) is 0 Å². The SMILES string of the molecule is CCCCC(Cl)CCOC. The zero-order valence-corrected chi connectivity index (χ0v) is 7.66. The second kappa shape index (κ2) is 7.36. The molecular formula is C8H17ClO. The minimum atomic E-state index is 0.319. The molecule has 0 amide bonds. The molecule has 2 heteroatoms. The third-order valence-electron chi connectivity index (χ3n) is 1.51. The van der Waals surface area contributed by atoms with Gasteiger partial charge in [-0.2, -0.15) is 0 Å². The summed E-state index contributed by atoms with van der Waals surface area (Å²) >= 11 is 5.96. The number of hydrogen-bond donors (Lipinski definition) is 0. The second-order valence-corrected chi connectivity index (χ2v) is 3.14. The number of methoxy groups -OCH3 is 1. The standard InChI is InChI=1S/C8H17ClO/c1-3-4-5-8(9)6-7-10-2/h8H,3-7H2,1-2H3. The van der Waals surface area contributed by atoms with Crippen LogP contribution in [0.3, 0.4) is 0 Å². The van der Waals surface area contributed by atoms with Crippen molar-refractivity contribution in [2.75, 3.05) is 13.7 Å². The Morgan fingerprint density at radius 3 is 2.60 bits per heavy atom. The monoisotopic (exact) mass is 164 g/mol. The second-order valence-electron chi connectivity index (χ2n) is 2.52. The predicted octanol–water partition coefficient (Wildman–Crippen LogP) is 2.82. The molecule has 0 aliphatic carbocycles. The van der Waals surface area contributed by atoms with Crippen LogP contribution < -0.4 is 0 Å². The Kier molecular flexibility index (Phi) is 7.54. The van der Waals surface area contributed by atoms with E-state index in [0.717, 1.165) is 19.4 Å². The van der Waals surface area contributed by atoms with Crippen molar-refractivity contribution < 1.29 is 4.74 Å². The highest BCUT2D eigenvalue weighted by atomic mass is 35.5. The molecule has 0 rings (SSSR count). The molecule has 0 aromatic carbocycles. The fourth-order valence-corrected chi connectivity index (χ4v) is 1.06. The van der Waals surface area contributed by atoms with E-state index < -0.39 is 0 Å². The van der Waals surface area contributed by atoms with Gasteiger partial charge in [0.05, 0.1) is 0 Å². The van der Waals surface area contributed by atoms with Crippen molar-refractivity contribution in [3.63, 3.8) is 0 Å². The van der Waals surface area contributed by atoms with Crippen molar-refractivity contribution >= 4 is 11.6 Å². The maximum Gasteiger partial charge on any atom is 0.0476 e. The van der Waals surface area contributed by atoms with Crippen LogP contribution in [0.2, 0.25) is 0 Å². The third-order valence-corrected chi connectivity index (χ3v) is 1.94. The lowest BCUT2D eigenvalue weighted by Crippen LogP contribution is -2.02. The summed E-state index contributed by atoms with van der Waals surface area (Å²) in [6.45, 7) is 2.97. The molecule has 0 spiro atoms. The molecule has 0 N–H and O–H groups in total. The molecule has 0 aromatic heterocycles. The molecule has 0 fully saturated rings. The summed E-state index contributed by atoms with van der Waals surface area (Å²) in [6, 6.07) is 0. The van der Waals surface area contributed by atoms with Gasteiger partial charge in [0.2, 0.25) is 0 Å². The number of halogens is 1. The zero-order chi connectivity index (χ0) is 7.82. The minimum absolute atomic E-state index is 0.319. The van der Waals surface area contributed by atoms with Gasteiger partial charge in [0.1, 0.15) is 0 Å². The van der Waals surface area contributed by atoms with Crippen LogP contribution in [0.5, 0.6) is 0 Å². The topological polar surface area (TPSA) is 9.23 Å². The van der Waals surface area contributed by atoms with E-state index in [-0.39, 0.29) is 0 Å². The van der Waals surface area contributed by atoms with Gasteiger partial charge in [-0.1, -0.05) is 19.8 Å². The lowest BCUT2D eigenvalue weighted by atomic mass is 10.1. The highest BCUT2D eigenvalue weighted by Crippen LogP contribution is 2.10. The zero-order valence-electron chi connectivity index (χ0n) is 6.90. The first-order valence-electron chi connectivity index (χ1n) is 3.94. The van der Waals surface area contributed by atoms with Gasteiger partial charge < -0.3 is 4.74 Å². The van der Waals surface area contributed by atoms with Crippen LogP contribution in [0.25, 0.3) is 0 Å². The number of ether oxygens (including phenoxy) is 1. The fourth-order valence-electron chi connectivity index (χ4n) is 0.816. The van der Waals surface area contributed by atoms with E-state index in [0.29, 0.717) is 5.38 Å². The largest absolute Gasteiger partial charge is 0.385 e.